The van der Waals surface area contributed by atoms with Gasteiger partial charge >= 0.3 is 5.69 Å². The molecule has 0 aliphatic carbocycles. The van der Waals surface area contributed by atoms with E-state index in [1.807, 2.05) is 0 Å². The third-order valence-electron chi connectivity index (χ3n) is 4.73. The summed E-state index contributed by atoms with van der Waals surface area (Å²) in [6.45, 7) is 0.934. The molecule has 0 radical (unpaired) electrons. The molecule has 1 fully saturated rings. The number of nitrogens with one attached hydrogen (secondary N) is 1. The van der Waals surface area contributed by atoms with Gasteiger partial charge in [-0.25, -0.2) is 14.8 Å². The van der Waals surface area contributed by atoms with Gasteiger partial charge in [-0.2, -0.15) is 0 Å². The number of aromatic amines is 1. The smallest absolute Gasteiger partial charge is 0.327 e. The maximum atomic E-state index is 12.5. The van der Waals surface area contributed by atoms with Gasteiger partial charge in [-0.15, -0.1) is 0 Å². The van der Waals surface area contributed by atoms with E-state index in [1.54, 1.807) is 18.2 Å². The molecule has 1 amide bonds. The van der Waals surface area contributed by atoms with E-state index in [2.05, 4.69) is 15.0 Å². The lowest BCUT2D eigenvalue weighted by Gasteiger charge is -2.11. The largest absolute Gasteiger partial charge is 0.504 e. The number of para-hydroxylation sites is 1. The monoisotopic (exact) mass is 385 g/mol. The van der Waals surface area contributed by atoms with Crippen LogP contribution in [0, 0.1) is 0 Å². The fourth-order valence-electron chi connectivity index (χ4n) is 3.36. The van der Waals surface area contributed by atoms with Crippen molar-refractivity contribution in [1.29, 1.82) is 0 Å². The van der Waals surface area contributed by atoms with Crippen LogP contribution in [0.3, 0.4) is 0 Å². The van der Waals surface area contributed by atoms with Crippen molar-refractivity contribution in [2.45, 2.75) is 25.5 Å². The number of carbonyl (C=O) groups is 1. The molecule has 3 heterocycles. The number of amides is 1. The molecule has 2 aromatic heterocycles. The molecular formula is C18H19N5O5. The van der Waals surface area contributed by atoms with E-state index >= 15 is 0 Å². The predicted octanol–water partition coefficient (Wildman–Crippen LogP) is 0.779. The average molecular weight is 385 g/mol. The first kappa shape index (κ1) is 18.0. The van der Waals surface area contributed by atoms with E-state index in [0.29, 0.717) is 6.61 Å². The third kappa shape index (κ3) is 2.97. The second kappa shape index (κ2) is 6.97. The van der Waals surface area contributed by atoms with E-state index in [4.69, 9.17) is 15.2 Å². The molecular weight excluding hydrogens is 366 g/mol. The molecule has 4 N–H and O–H groups in total. The summed E-state index contributed by atoms with van der Waals surface area (Å²) in [4.78, 5) is 35.7. The normalized spacial score (nSPS) is 16.5. The quantitative estimate of drug-likeness (QED) is 0.588. The molecule has 10 heteroatoms. The number of phenols is 1. The molecule has 0 unspecified atom stereocenters. The number of hydrogen-bond donors (Lipinski definition) is 3. The maximum Gasteiger partial charge on any atom is 0.327 e. The van der Waals surface area contributed by atoms with E-state index in [-0.39, 0.29) is 52.4 Å². The van der Waals surface area contributed by atoms with Crippen LogP contribution in [-0.4, -0.2) is 50.4 Å². The van der Waals surface area contributed by atoms with Crippen LogP contribution in [0.4, 0.5) is 0 Å². The zero-order valence-electron chi connectivity index (χ0n) is 15.1. The standard InChI is InChI=1S/C18H19N5O5/c1-27-11-6-2-5-10(14(11)24)16-20-12(15(19)25)13-17(22-16)23(18(26)21-13)8-9-4-3-7-28-9/h2,5-6,9,24H,3-4,7-8H2,1H3,(H2,19,25)(H,21,26)/t9-/m0/s1. The van der Waals surface area contributed by atoms with Gasteiger partial charge in [0.1, 0.15) is 5.52 Å². The zero-order valence-corrected chi connectivity index (χ0v) is 15.1. The molecule has 0 bridgehead atoms. The van der Waals surface area contributed by atoms with Crippen molar-refractivity contribution >= 4 is 17.1 Å². The van der Waals surface area contributed by atoms with Crippen LogP contribution >= 0.6 is 0 Å². The number of ether oxygens (including phenoxy) is 2. The first-order valence-corrected chi connectivity index (χ1v) is 8.78. The Morgan fingerprint density at radius 3 is 2.96 bits per heavy atom. The summed E-state index contributed by atoms with van der Waals surface area (Å²) in [6.07, 6.45) is 1.64. The summed E-state index contributed by atoms with van der Waals surface area (Å²) in [6, 6.07) is 4.82. The highest BCUT2D eigenvalue weighted by atomic mass is 16.5. The molecule has 146 valence electrons. The molecule has 1 aliphatic heterocycles. The van der Waals surface area contributed by atoms with Gasteiger partial charge in [0.2, 0.25) is 0 Å². The lowest BCUT2D eigenvalue weighted by molar-refractivity contribution is 0.0970. The summed E-state index contributed by atoms with van der Waals surface area (Å²) in [5.74, 6) is -0.713. The summed E-state index contributed by atoms with van der Waals surface area (Å²) in [5, 5.41) is 10.4. The van der Waals surface area contributed by atoms with Gasteiger partial charge in [-0.1, -0.05) is 6.07 Å². The van der Waals surface area contributed by atoms with Crippen LogP contribution in [0.25, 0.3) is 22.6 Å². The number of benzene rings is 1. The number of hydrogen-bond acceptors (Lipinski definition) is 7. The molecule has 28 heavy (non-hydrogen) atoms. The highest BCUT2D eigenvalue weighted by molar-refractivity contribution is 6.02. The van der Waals surface area contributed by atoms with Gasteiger partial charge in [-0.3, -0.25) is 9.36 Å². The highest BCUT2D eigenvalue weighted by Crippen LogP contribution is 2.35. The number of fused-ring (bicyclic) bond motifs is 1. The van der Waals surface area contributed by atoms with Crippen LogP contribution in [0.15, 0.2) is 23.0 Å². The maximum absolute atomic E-state index is 12.5. The van der Waals surface area contributed by atoms with Crippen molar-refractivity contribution in [3.8, 4) is 22.9 Å². The van der Waals surface area contributed by atoms with Crippen molar-refractivity contribution in [2.75, 3.05) is 13.7 Å². The second-order valence-electron chi connectivity index (χ2n) is 6.49. The lowest BCUT2D eigenvalue weighted by atomic mass is 10.1. The number of H-pyrrole nitrogens is 1. The fourth-order valence-corrected chi connectivity index (χ4v) is 3.36. The minimum absolute atomic E-state index is 0.0535. The van der Waals surface area contributed by atoms with Gasteiger partial charge in [0, 0.05) is 6.61 Å². The van der Waals surface area contributed by atoms with Crippen LogP contribution < -0.4 is 16.2 Å². The van der Waals surface area contributed by atoms with Gasteiger partial charge in [-0.05, 0) is 25.0 Å². The molecule has 3 aromatic rings. The van der Waals surface area contributed by atoms with Gasteiger partial charge in [0.25, 0.3) is 5.91 Å². The SMILES string of the molecule is COc1cccc(-c2nc(C(N)=O)c3[nH]c(=O)n(C[C@@H]4CCCO4)c3n2)c1O. The Hall–Kier alpha value is -3.40. The number of aromatic hydroxyl groups is 1. The Balaban J connectivity index is 1.93. The van der Waals surface area contributed by atoms with Crippen LogP contribution in [0.1, 0.15) is 23.3 Å². The van der Waals surface area contributed by atoms with E-state index < -0.39 is 11.6 Å². The van der Waals surface area contributed by atoms with Gasteiger partial charge in [0.05, 0.1) is 25.3 Å². The Bertz CT molecular complexity index is 1110. The molecule has 1 saturated heterocycles. The van der Waals surface area contributed by atoms with E-state index in [0.717, 1.165) is 12.8 Å². The summed E-state index contributed by atoms with van der Waals surface area (Å²) >= 11 is 0. The Labute approximate surface area is 158 Å². The van der Waals surface area contributed by atoms with Crippen LogP contribution in [0.2, 0.25) is 0 Å². The number of aromatic nitrogens is 4. The molecule has 1 aromatic carbocycles. The van der Waals surface area contributed by atoms with Crippen LogP contribution in [-0.2, 0) is 11.3 Å². The van der Waals surface area contributed by atoms with Crippen molar-refractivity contribution < 1.29 is 19.4 Å². The molecule has 10 nitrogen and oxygen atoms in total. The number of imidazole rings is 1. The topological polar surface area (TPSA) is 145 Å². The van der Waals surface area contributed by atoms with Crippen molar-refractivity contribution in [2.24, 2.45) is 5.73 Å². The van der Waals surface area contributed by atoms with E-state index in [9.17, 15) is 14.7 Å². The number of methoxy groups -OCH3 is 1. The Morgan fingerprint density at radius 2 is 2.29 bits per heavy atom. The lowest BCUT2D eigenvalue weighted by Crippen LogP contribution is -2.24. The minimum Gasteiger partial charge on any atom is -0.504 e. The average Bonchev–Trinajstić information content (AvgIpc) is 3.30. The van der Waals surface area contributed by atoms with Crippen molar-refractivity contribution in [1.82, 2.24) is 19.5 Å². The first-order valence-electron chi connectivity index (χ1n) is 8.78. The van der Waals surface area contributed by atoms with Crippen LogP contribution in [0.5, 0.6) is 11.5 Å². The summed E-state index contributed by atoms with van der Waals surface area (Å²) in [5.41, 5.74) is 5.53. The highest BCUT2D eigenvalue weighted by Gasteiger charge is 2.24. The Kier molecular flexibility index (Phi) is 4.47. The van der Waals surface area contributed by atoms with Crippen molar-refractivity contribution in [3.05, 3.63) is 34.4 Å². The zero-order chi connectivity index (χ0) is 19.8. The minimum atomic E-state index is -0.818. The van der Waals surface area contributed by atoms with Gasteiger partial charge in [0.15, 0.2) is 28.7 Å². The first-order chi connectivity index (χ1) is 13.5. The van der Waals surface area contributed by atoms with E-state index in [1.165, 1.54) is 11.7 Å². The summed E-state index contributed by atoms with van der Waals surface area (Å²) in [7, 11) is 1.42. The number of primary amides is 1. The van der Waals surface area contributed by atoms with Crippen molar-refractivity contribution in [3.63, 3.8) is 0 Å². The fraction of sp³-hybridized carbons (Fsp3) is 0.333. The van der Waals surface area contributed by atoms with Gasteiger partial charge < -0.3 is 25.3 Å². The molecule has 0 saturated carbocycles. The predicted molar refractivity (Wildman–Crippen MR) is 99.3 cm³/mol. The molecule has 1 aliphatic rings. The molecule has 0 spiro atoms. The number of carbonyl (C=O) groups excluding carboxylic acids is 1. The number of nitrogens with two attached hydrogens (primary N) is 1. The molecule has 1 atom stereocenters. The second-order valence-corrected chi connectivity index (χ2v) is 6.49. The number of phenolic OH excluding ortho intramolecular Hbond substituents is 1. The number of nitrogens with zero attached hydrogens (tertiary/aromatic N) is 3. The third-order valence-corrected chi connectivity index (χ3v) is 4.73. The Morgan fingerprint density at radius 1 is 1.46 bits per heavy atom. The summed E-state index contributed by atoms with van der Waals surface area (Å²) < 4.78 is 12.1. The number of rotatable bonds is 5. The molecule has 4 rings (SSSR count).